The maximum Gasteiger partial charge on any atom is 0.261 e. The second-order valence-electron chi connectivity index (χ2n) is 6.61. The van der Waals surface area contributed by atoms with Crippen LogP contribution in [0, 0.1) is 5.82 Å². The van der Waals surface area contributed by atoms with E-state index in [9.17, 15) is 17.6 Å². The summed E-state index contributed by atoms with van der Waals surface area (Å²) in [5.41, 5.74) is 0.530. The molecule has 0 radical (unpaired) electrons. The van der Waals surface area contributed by atoms with Gasteiger partial charge in [0.2, 0.25) is 0 Å². The van der Waals surface area contributed by atoms with E-state index in [0.29, 0.717) is 18.7 Å². The zero-order chi connectivity index (χ0) is 19.6. The molecule has 1 saturated heterocycles. The van der Waals surface area contributed by atoms with E-state index < -0.39 is 15.8 Å². The van der Waals surface area contributed by atoms with Crippen LogP contribution in [0.15, 0.2) is 53.4 Å². The Morgan fingerprint density at radius 1 is 1.11 bits per heavy atom. The van der Waals surface area contributed by atoms with Crippen molar-refractivity contribution in [3.63, 3.8) is 0 Å². The number of hydrogen-bond acceptors (Lipinski definition) is 4. The lowest BCUT2D eigenvalue weighted by molar-refractivity contribution is -0.0586. The smallest absolute Gasteiger partial charge is 0.261 e. The fourth-order valence-corrected chi connectivity index (χ4v) is 4.16. The third-order valence-corrected chi connectivity index (χ3v) is 5.57. The molecule has 1 heterocycles. The van der Waals surface area contributed by atoms with E-state index in [2.05, 4.69) is 4.72 Å². The number of ether oxygens (including phenoxy) is 1. The first-order valence-electron chi connectivity index (χ1n) is 8.58. The summed E-state index contributed by atoms with van der Waals surface area (Å²) in [6.45, 7) is 4.69. The van der Waals surface area contributed by atoms with Crippen molar-refractivity contribution in [2.24, 2.45) is 0 Å². The number of rotatable bonds is 4. The van der Waals surface area contributed by atoms with E-state index in [1.807, 2.05) is 13.8 Å². The van der Waals surface area contributed by atoms with Gasteiger partial charge in [-0.15, -0.1) is 0 Å². The second kappa shape index (κ2) is 7.66. The lowest BCUT2D eigenvalue weighted by Gasteiger charge is -2.35. The summed E-state index contributed by atoms with van der Waals surface area (Å²) < 4.78 is 46.2. The standard InChI is InChI=1S/C19H21FN2O4S/c1-13-11-22(12-14(2)26-13)19(23)15-4-3-5-18(10-15)27(24,25)21-17-8-6-16(20)7-9-17/h3-10,13-14,21H,11-12H2,1-2H3/t13-,14+. The number of hydrogen-bond donors (Lipinski definition) is 1. The summed E-state index contributed by atoms with van der Waals surface area (Å²) in [4.78, 5) is 14.4. The molecule has 1 aliphatic heterocycles. The third-order valence-electron chi connectivity index (χ3n) is 4.19. The highest BCUT2D eigenvalue weighted by Gasteiger charge is 2.27. The molecule has 1 fully saturated rings. The monoisotopic (exact) mass is 392 g/mol. The van der Waals surface area contributed by atoms with Crippen LogP contribution >= 0.6 is 0 Å². The lowest BCUT2D eigenvalue weighted by atomic mass is 10.1. The van der Waals surface area contributed by atoms with E-state index in [4.69, 9.17) is 4.74 Å². The number of carbonyl (C=O) groups is 1. The average molecular weight is 392 g/mol. The van der Waals surface area contributed by atoms with Gasteiger partial charge in [-0.2, -0.15) is 0 Å². The molecule has 0 bridgehead atoms. The largest absolute Gasteiger partial charge is 0.372 e. The first-order chi connectivity index (χ1) is 12.7. The molecular formula is C19H21FN2O4S. The number of amides is 1. The zero-order valence-corrected chi connectivity index (χ0v) is 15.9. The molecule has 3 rings (SSSR count). The number of sulfonamides is 1. The molecule has 144 valence electrons. The van der Waals surface area contributed by atoms with Crippen LogP contribution in [0.1, 0.15) is 24.2 Å². The molecule has 2 atom stereocenters. The minimum atomic E-state index is -3.90. The summed E-state index contributed by atoms with van der Waals surface area (Å²) >= 11 is 0. The van der Waals surface area contributed by atoms with Gasteiger partial charge in [-0.05, 0) is 56.3 Å². The van der Waals surface area contributed by atoms with Crippen LogP contribution in [0.3, 0.4) is 0 Å². The van der Waals surface area contributed by atoms with Crippen LogP contribution in [-0.4, -0.2) is 44.5 Å². The van der Waals surface area contributed by atoms with Gasteiger partial charge in [-0.1, -0.05) is 6.07 Å². The van der Waals surface area contributed by atoms with E-state index in [1.165, 1.54) is 42.5 Å². The lowest BCUT2D eigenvalue weighted by Crippen LogP contribution is -2.48. The average Bonchev–Trinajstić information content (AvgIpc) is 2.62. The summed E-state index contributed by atoms with van der Waals surface area (Å²) in [6, 6.07) is 10.9. The van der Waals surface area contributed by atoms with Crippen LogP contribution in [-0.2, 0) is 14.8 Å². The molecule has 0 aromatic heterocycles. The number of morpholine rings is 1. The van der Waals surface area contributed by atoms with Crippen LogP contribution in [0.5, 0.6) is 0 Å². The van der Waals surface area contributed by atoms with Gasteiger partial charge in [-0.25, -0.2) is 12.8 Å². The first-order valence-corrected chi connectivity index (χ1v) is 10.1. The number of anilines is 1. The molecule has 0 spiro atoms. The highest BCUT2D eigenvalue weighted by Crippen LogP contribution is 2.20. The van der Waals surface area contributed by atoms with Gasteiger partial charge < -0.3 is 9.64 Å². The maximum atomic E-state index is 13.0. The zero-order valence-electron chi connectivity index (χ0n) is 15.1. The number of nitrogens with zero attached hydrogens (tertiary/aromatic N) is 1. The van der Waals surface area contributed by atoms with Crippen molar-refractivity contribution >= 4 is 21.6 Å². The molecule has 0 unspecified atom stereocenters. The van der Waals surface area contributed by atoms with Gasteiger partial charge in [-0.3, -0.25) is 9.52 Å². The van der Waals surface area contributed by atoms with Crippen molar-refractivity contribution in [3.05, 3.63) is 59.9 Å². The second-order valence-corrected chi connectivity index (χ2v) is 8.29. The maximum absolute atomic E-state index is 13.0. The molecule has 0 saturated carbocycles. The molecule has 2 aromatic carbocycles. The first kappa shape index (κ1) is 19.3. The van der Waals surface area contributed by atoms with Gasteiger partial charge in [0, 0.05) is 24.3 Å². The van der Waals surface area contributed by atoms with Crippen LogP contribution in [0.4, 0.5) is 10.1 Å². The quantitative estimate of drug-likeness (QED) is 0.868. The Bertz CT molecular complexity index is 921. The Balaban J connectivity index is 1.82. The Morgan fingerprint density at radius 3 is 2.37 bits per heavy atom. The molecule has 1 N–H and O–H groups in total. The fraction of sp³-hybridized carbons (Fsp3) is 0.316. The van der Waals surface area contributed by atoms with Gasteiger partial charge in [0.25, 0.3) is 15.9 Å². The number of halogens is 1. The molecule has 6 nitrogen and oxygen atoms in total. The van der Waals surface area contributed by atoms with Crippen LogP contribution < -0.4 is 4.72 Å². The van der Waals surface area contributed by atoms with Crippen molar-refractivity contribution in [2.75, 3.05) is 17.8 Å². The van der Waals surface area contributed by atoms with E-state index in [1.54, 1.807) is 11.0 Å². The number of benzene rings is 2. The van der Waals surface area contributed by atoms with Gasteiger partial charge in [0.1, 0.15) is 5.82 Å². The number of nitrogens with one attached hydrogen (secondary N) is 1. The molecule has 2 aromatic rings. The molecule has 27 heavy (non-hydrogen) atoms. The normalized spacial score (nSPS) is 20.3. The SMILES string of the molecule is C[C@@H]1CN(C(=O)c2cccc(S(=O)(=O)Nc3ccc(F)cc3)c2)C[C@H](C)O1. The highest BCUT2D eigenvalue weighted by atomic mass is 32.2. The summed E-state index contributed by atoms with van der Waals surface area (Å²) in [6.07, 6.45) is -0.158. The Labute approximate surface area is 158 Å². The number of carbonyl (C=O) groups excluding carboxylic acids is 1. The van der Waals surface area contributed by atoms with Crippen molar-refractivity contribution in [3.8, 4) is 0 Å². The molecule has 8 heteroatoms. The summed E-state index contributed by atoms with van der Waals surface area (Å²) in [5, 5.41) is 0. The predicted molar refractivity (Wildman–Crippen MR) is 99.6 cm³/mol. The minimum absolute atomic E-state index is 0.0352. The van der Waals surface area contributed by atoms with E-state index in [0.717, 1.165) is 0 Å². The van der Waals surface area contributed by atoms with Gasteiger partial charge in [0.05, 0.1) is 17.1 Å². The Kier molecular flexibility index (Phi) is 5.48. The van der Waals surface area contributed by atoms with E-state index in [-0.39, 0.29) is 28.7 Å². The van der Waals surface area contributed by atoms with Crippen molar-refractivity contribution in [1.82, 2.24) is 4.90 Å². The predicted octanol–water partition coefficient (Wildman–Crippen LogP) is 2.88. The minimum Gasteiger partial charge on any atom is -0.372 e. The van der Waals surface area contributed by atoms with Crippen molar-refractivity contribution in [2.45, 2.75) is 31.0 Å². The van der Waals surface area contributed by atoms with Crippen LogP contribution in [0.2, 0.25) is 0 Å². The van der Waals surface area contributed by atoms with Crippen molar-refractivity contribution < 1.29 is 22.3 Å². The van der Waals surface area contributed by atoms with E-state index >= 15 is 0 Å². The summed E-state index contributed by atoms with van der Waals surface area (Å²) in [7, 11) is -3.90. The fourth-order valence-electron chi connectivity index (χ4n) is 3.05. The molecular weight excluding hydrogens is 371 g/mol. The highest BCUT2D eigenvalue weighted by molar-refractivity contribution is 7.92. The van der Waals surface area contributed by atoms with Crippen LogP contribution in [0.25, 0.3) is 0 Å². The van der Waals surface area contributed by atoms with Gasteiger partial charge >= 0.3 is 0 Å². The van der Waals surface area contributed by atoms with Gasteiger partial charge in [0.15, 0.2) is 0 Å². The Hall–Kier alpha value is -2.45. The molecule has 1 aliphatic rings. The molecule has 1 amide bonds. The van der Waals surface area contributed by atoms with Crippen molar-refractivity contribution in [1.29, 1.82) is 0 Å². The summed E-state index contributed by atoms with van der Waals surface area (Å²) in [5.74, 6) is -0.699. The Morgan fingerprint density at radius 2 is 1.74 bits per heavy atom. The molecule has 0 aliphatic carbocycles. The third kappa shape index (κ3) is 4.64. The topological polar surface area (TPSA) is 75.7 Å².